The summed E-state index contributed by atoms with van der Waals surface area (Å²) in [6.45, 7) is 8.12. The van der Waals surface area contributed by atoms with Crippen LogP contribution in [0.4, 0.5) is 0 Å². The summed E-state index contributed by atoms with van der Waals surface area (Å²) in [5, 5.41) is 0. The number of rotatable bonds is 11. The standard InChI is InChI=1S/C19H30O3/c1-4-17-10-8-11-18(15-17)19(20)22-14-13-21-12-7-5-6-9-16(2)3/h8,10-11,15-16H,4-7,9,12-14H2,1-3H3. The summed E-state index contributed by atoms with van der Waals surface area (Å²) in [4.78, 5) is 11.9. The largest absolute Gasteiger partial charge is 0.460 e. The Balaban J connectivity index is 2.05. The molecule has 22 heavy (non-hydrogen) atoms. The van der Waals surface area contributed by atoms with Crippen molar-refractivity contribution in [2.45, 2.75) is 52.9 Å². The van der Waals surface area contributed by atoms with Gasteiger partial charge in [-0.1, -0.05) is 52.2 Å². The third-order valence-corrected chi connectivity index (χ3v) is 3.60. The molecule has 3 heteroatoms. The molecular weight excluding hydrogens is 276 g/mol. The molecular formula is C19H30O3. The van der Waals surface area contributed by atoms with E-state index in [1.165, 1.54) is 19.3 Å². The molecule has 0 fully saturated rings. The van der Waals surface area contributed by atoms with Crippen molar-refractivity contribution < 1.29 is 14.3 Å². The fourth-order valence-corrected chi connectivity index (χ4v) is 2.23. The Morgan fingerprint density at radius 2 is 1.91 bits per heavy atom. The molecule has 0 N–H and O–H groups in total. The first-order valence-electron chi connectivity index (χ1n) is 8.47. The molecule has 3 nitrogen and oxygen atoms in total. The summed E-state index contributed by atoms with van der Waals surface area (Å²) in [6.07, 6.45) is 5.76. The lowest BCUT2D eigenvalue weighted by atomic mass is 10.1. The lowest BCUT2D eigenvalue weighted by molar-refractivity contribution is 0.0312. The molecule has 0 aliphatic heterocycles. The zero-order valence-corrected chi connectivity index (χ0v) is 14.3. The number of benzene rings is 1. The van der Waals surface area contributed by atoms with Crippen LogP contribution >= 0.6 is 0 Å². The van der Waals surface area contributed by atoms with Crippen molar-refractivity contribution in [1.29, 1.82) is 0 Å². The normalized spacial score (nSPS) is 10.9. The van der Waals surface area contributed by atoms with Gasteiger partial charge in [0.25, 0.3) is 0 Å². The molecule has 1 aromatic rings. The van der Waals surface area contributed by atoms with Crippen LogP contribution in [0.15, 0.2) is 24.3 Å². The average molecular weight is 306 g/mol. The van der Waals surface area contributed by atoms with Crippen LogP contribution in [0, 0.1) is 5.92 Å². The van der Waals surface area contributed by atoms with E-state index in [-0.39, 0.29) is 5.97 Å². The zero-order chi connectivity index (χ0) is 16.2. The van der Waals surface area contributed by atoms with Gasteiger partial charge in [0.05, 0.1) is 12.2 Å². The molecule has 0 amide bonds. The molecule has 0 unspecified atom stereocenters. The average Bonchev–Trinajstić information content (AvgIpc) is 2.52. The third-order valence-electron chi connectivity index (χ3n) is 3.60. The van der Waals surface area contributed by atoms with Crippen LogP contribution in [0.3, 0.4) is 0 Å². The minimum atomic E-state index is -0.268. The quantitative estimate of drug-likeness (QED) is 0.441. The molecule has 0 bridgehead atoms. The highest BCUT2D eigenvalue weighted by Crippen LogP contribution is 2.08. The van der Waals surface area contributed by atoms with Crippen molar-refractivity contribution >= 4 is 5.97 Å². The number of hydrogen-bond acceptors (Lipinski definition) is 3. The van der Waals surface area contributed by atoms with E-state index in [9.17, 15) is 4.79 Å². The summed E-state index contributed by atoms with van der Waals surface area (Å²) in [7, 11) is 0. The van der Waals surface area contributed by atoms with E-state index in [2.05, 4.69) is 20.8 Å². The minimum Gasteiger partial charge on any atom is -0.460 e. The van der Waals surface area contributed by atoms with Crippen molar-refractivity contribution in [3.63, 3.8) is 0 Å². The van der Waals surface area contributed by atoms with Gasteiger partial charge < -0.3 is 9.47 Å². The fraction of sp³-hybridized carbons (Fsp3) is 0.632. The second-order valence-corrected chi connectivity index (χ2v) is 6.05. The Hall–Kier alpha value is -1.35. The minimum absolute atomic E-state index is 0.268. The molecule has 0 spiro atoms. The maximum atomic E-state index is 11.9. The van der Waals surface area contributed by atoms with Crippen LogP contribution in [-0.4, -0.2) is 25.8 Å². The summed E-state index contributed by atoms with van der Waals surface area (Å²) in [5.41, 5.74) is 1.76. The number of carbonyl (C=O) groups is 1. The van der Waals surface area contributed by atoms with Gasteiger partial charge in [-0.3, -0.25) is 0 Å². The van der Waals surface area contributed by atoms with Crippen LogP contribution < -0.4 is 0 Å². The lowest BCUT2D eigenvalue weighted by Gasteiger charge is -2.07. The van der Waals surface area contributed by atoms with Crippen molar-refractivity contribution in [2.24, 2.45) is 5.92 Å². The van der Waals surface area contributed by atoms with Crippen LogP contribution in [0.1, 0.15) is 62.4 Å². The summed E-state index contributed by atoms with van der Waals surface area (Å²) in [5.74, 6) is 0.516. The lowest BCUT2D eigenvalue weighted by Crippen LogP contribution is -2.11. The number of aryl methyl sites for hydroxylation is 1. The first kappa shape index (κ1) is 18.7. The fourth-order valence-electron chi connectivity index (χ4n) is 2.23. The molecule has 0 radical (unpaired) electrons. The third kappa shape index (κ3) is 8.18. The van der Waals surface area contributed by atoms with Crippen molar-refractivity contribution in [3.8, 4) is 0 Å². The number of esters is 1. The molecule has 1 rings (SSSR count). The van der Waals surface area contributed by atoms with Gasteiger partial charge in [0.15, 0.2) is 0 Å². The molecule has 124 valence electrons. The molecule has 0 saturated carbocycles. The Bertz CT molecular complexity index is 426. The van der Waals surface area contributed by atoms with Gasteiger partial charge in [-0.15, -0.1) is 0 Å². The molecule has 0 aromatic heterocycles. The Kier molecular flexibility index (Phi) is 9.56. The van der Waals surface area contributed by atoms with Crippen LogP contribution in [0.5, 0.6) is 0 Å². The predicted octanol–water partition coefficient (Wildman–Crippen LogP) is 4.64. The Morgan fingerprint density at radius 1 is 1.09 bits per heavy atom. The molecule has 0 heterocycles. The van der Waals surface area contributed by atoms with Crippen LogP contribution in [-0.2, 0) is 15.9 Å². The van der Waals surface area contributed by atoms with E-state index in [1.807, 2.05) is 18.2 Å². The van der Waals surface area contributed by atoms with E-state index < -0.39 is 0 Å². The van der Waals surface area contributed by atoms with Gasteiger partial charge in [-0.25, -0.2) is 4.79 Å². The van der Waals surface area contributed by atoms with Crippen molar-refractivity contribution in [1.82, 2.24) is 0 Å². The van der Waals surface area contributed by atoms with Gasteiger partial charge >= 0.3 is 5.97 Å². The number of hydrogen-bond donors (Lipinski definition) is 0. The second-order valence-electron chi connectivity index (χ2n) is 6.05. The first-order chi connectivity index (χ1) is 10.6. The van der Waals surface area contributed by atoms with E-state index >= 15 is 0 Å². The monoisotopic (exact) mass is 306 g/mol. The SMILES string of the molecule is CCc1cccc(C(=O)OCCOCCCCCC(C)C)c1. The number of carbonyl (C=O) groups excluding carboxylic acids is 1. The van der Waals surface area contributed by atoms with Gasteiger partial charge in [0.2, 0.25) is 0 Å². The van der Waals surface area contributed by atoms with E-state index in [0.29, 0.717) is 18.8 Å². The van der Waals surface area contributed by atoms with E-state index in [1.54, 1.807) is 6.07 Å². The summed E-state index contributed by atoms with van der Waals surface area (Å²) >= 11 is 0. The second kappa shape index (κ2) is 11.2. The smallest absolute Gasteiger partial charge is 0.338 e. The number of unbranched alkanes of at least 4 members (excludes halogenated alkanes) is 2. The van der Waals surface area contributed by atoms with Crippen LogP contribution in [0.25, 0.3) is 0 Å². The first-order valence-corrected chi connectivity index (χ1v) is 8.47. The van der Waals surface area contributed by atoms with Gasteiger partial charge in [-0.05, 0) is 36.5 Å². The van der Waals surface area contributed by atoms with E-state index in [4.69, 9.17) is 9.47 Å². The van der Waals surface area contributed by atoms with Crippen molar-refractivity contribution in [2.75, 3.05) is 19.8 Å². The van der Waals surface area contributed by atoms with Crippen LogP contribution in [0.2, 0.25) is 0 Å². The highest BCUT2D eigenvalue weighted by molar-refractivity contribution is 5.89. The Labute approximate surface area is 135 Å². The highest BCUT2D eigenvalue weighted by Gasteiger charge is 2.07. The van der Waals surface area contributed by atoms with Gasteiger partial charge in [-0.2, -0.15) is 0 Å². The molecule has 0 aliphatic carbocycles. The summed E-state index contributed by atoms with van der Waals surface area (Å²) < 4.78 is 10.7. The maximum Gasteiger partial charge on any atom is 0.338 e. The molecule has 1 aromatic carbocycles. The maximum absolute atomic E-state index is 11.9. The Morgan fingerprint density at radius 3 is 2.64 bits per heavy atom. The van der Waals surface area contributed by atoms with Gasteiger partial charge in [0.1, 0.15) is 6.61 Å². The summed E-state index contributed by atoms with van der Waals surface area (Å²) in [6, 6.07) is 7.58. The number of ether oxygens (including phenoxy) is 2. The highest BCUT2D eigenvalue weighted by atomic mass is 16.6. The molecule has 0 aliphatic rings. The van der Waals surface area contributed by atoms with Gasteiger partial charge in [0, 0.05) is 6.61 Å². The topological polar surface area (TPSA) is 35.5 Å². The van der Waals surface area contributed by atoms with Crippen molar-refractivity contribution in [3.05, 3.63) is 35.4 Å². The predicted molar refractivity (Wildman–Crippen MR) is 90.2 cm³/mol. The molecule has 0 atom stereocenters. The molecule has 0 saturated heterocycles. The van der Waals surface area contributed by atoms with E-state index in [0.717, 1.165) is 30.9 Å². The zero-order valence-electron chi connectivity index (χ0n) is 14.3.